The van der Waals surface area contributed by atoms with Crippen LogP contribution < -0.4 is 5.56 Å². The van der Waals surface area contributed by atoms with Crippen molar-refractivity contribution >= 4 is 5.97 Å². The highest BCUT2D eigenvalue weighted by Crippen LogP contribution is 2.32. The molecule has 0 bridgehead atoms. The Balaban J connectivity index is 2.32. The van der Waals surface area contributed by atoms with E-state index in [0.717, 1.165) is 0 Å². The fraction of sp³-hybridized carbons (Fsp3) is 0.615. The van der Waals surface area contributed by atoms with Crippen molar-refractivity contribution in [3.8, 4) is 0 Å². The van der Waals surface area contributed by atoms with Crippen LogP contribution in [0.4, 0.5) is 0 Å². The summed E-state index contributed by atoms with van der Waals surface area (Å²) in [6, 6.07) is 0. The maximum atomic E-state index is 12.0. The molecule has 0 unspecified atom stereocenters. The van der Waals surface area contributed by atoms with Crippen LogP contribution in [0.5, 0.6) is 0 Å². The summed E-state index contributed by atoms with van der Waals surface area (Å²) in [6.07, 6.45) is 2.44. The van der Waals surface area contributed by atoms with Gasteiger partial charge in [0.2, 0.25) is 0 Å². The van der Waals surface area contributed by atoms with Crippen molar-refractivity contribution < 1.29 is 19.0 Å². The average molecular weight is 282 g/mol. The minimum atomic E-state index is -0.675. The molecule has 0 saturated carbocycles. The van der Waals surface area contributed by atoms with Crippen molar-refractivity contribution in [2.75, 3.05) is 26.9 Å². The quantitative estimate of drug-likeness (QED) is 0.813. The lowest BCUT2D eigenvalue weighted by atomic mass is 9.93. The van der Waals surface area contributed by atoms with Crippen LogP contribution in [0.15, 0.2) is 11.0 Å². The standard InChI is InChI=1S/C13H18N2O5/c1-3-20-11(17)9-8-14-12(15-10(9)16)13(18-2)4-6-19-7-5-13/h8H,3-7H2,1-2H3,(H,14,15,16). The molecule has 0 atom stereocenters. The zero-order valence-electron chi connectivity index (χ0n) is 11.6. The van der Waals surface area contributed by atoms with Crippen molar-refractivity contribution in [1.82, 2.24) is 9.97 Å². The topological polar surface area (TPSA) is 90.5 Å². The largest absolute Gasteiger partial charge is 0.462 e. The molecule has 20 heavy (non-hydrogen) atoms. The summed E-state index contributed by atoms with van der Waals surface area (Å²) in [4.78, 5) is 30.3. The third-order valence-corrected chi connectivity index (χ3v) is 3.42. The van der Waals surface area contributed by atoms with Crippen molar-refractivity contribution in [2.24, 2.45) is 0 Å². The molecule has 0 radical (unpaired) electrons. The predicted molar refractivity (Wildman–Crippen MR) is 69.6 cm³/mol. The average Bonchev–Trinajstić information content (AvgIpc) is 2.48. The van der Waals surface area contributed by atoms with Crippen LogP contribution in [-0.2, 0) is 19.8 Å². The van der Waals surface area contributed by atoms with E-state index in [4.69, 9.17) is 14.2 Å². The second-order valence-corrected chi connectivity index (χ2v) is 4.51. The number of aromatic amines is 1. The Morgan fingerprint density at radius 3 is 2.75 bits per heavy atom. The summed E-state index contributed by atoms with van der Waals surface area (Å²) in [7, 11) is 1.57. The number of hydrogen-bond donors (Lipinski definition) is 1. The molecule has 0 spiro atoms. The third kappa shape index (κ3) is 2.73. The maximum absolute atomic E-state index is 12.0. The number of H-pyrrole nitrogens is 1. The first kappa shape index (κ1) is 14.7. The third-order valence-electron chi connectivity index (χ3n) is 3.42. The number of hydrogen-bond acceptors (Lipinski definition) is 6. The first-order chi connectivity index (χ1) is 9.63. The molecule has 1 saturated heterocycles. The van der Waals surface area contributed by atoms with Crippen LogP contribution >= 0.6 is 0 Å². The van der Waals surface area contributed by atoms with Gasteiger partial charge in [-0.2, -0.15) is 0 Å². The van der Waals surface area contributed by atoms with Gasteiger partial charge in [-0.05, 0) is 6.92 Å². The summed E-state index contributed by atoms with van der Waals surface area (Å²) < 4.78 is 15.6. The molecule has 2 rings (SSSR count). The Hall–Kier alpha value is -1.73. The molecule has 110 valence electrons. The van der Waals surface area contributed by atoms with Crippen LogP contribution in [0, 0.1) is 0 Å². The fourth-order valence-electron chi connectivity index (χ4n) is 2.22. The normalized spacial score (nSPS) is 17.7. The Labute approximate surface area is 116 Å². The monoisotopic (exact) mass is 282 g/mol. The molecule has 2 heterocycles. The van der Waals surface area contributed by atoms with Crippen molar-refractivity contribution in [1.29, 1.82) is 0 Å². The molecule has 1 aromatic heterocycles. The van der Waals surface area contributed by atoms with Gasteiger partial charge in [-0.25, -0.2) is 9.78 Å². The van der Waals surface area contributed by atoms with E-state index in [-0.39, 0.29) is 12.2 Å². The molecule has 0 amide bonds. The van der Waals surface area contributed by atoms with Gasteiger partial charge in [0, 0.05) is 39.4 Å². The lowest BCUT2D eigenvalue weighted by Crippen LogP contribution is -2.39. The highest BCUT2D eigenvalue weighted by atomic mass is 16.5. The van der Waals surface area contributed by atoms with Crippen molar-refractivity contribution in [2.45, 2.75) is 25.4 Å². The van der Waals surface area contributed by atoms with Crippen molar-refractivity contribution in [3.63, 3.8) is 0 Å². The van der Waals surface area contributed by atoms with Crippen LogP contribution in [0.3, 0.4) is 0 Å². The zero-order valence-corrected chi connectivity index (χ0v) is 11.6. The van der Waals surface area contributed by atoms with E-state index in [9.17, 15) is 9.59 Å². The summed E-state index contributed by atoms with van der Waals surface area (Å²) in [5, 5.41) is 0. The Kier molecular flexibility index (Phi) is 4.51. The molecule has 7 nitrogen and oxygen atoms in total. The number of methoxy groups -OCH3 is 1. The molecular weight excluding hydrogens is 264 g/mol. The van der Waals surface area contributed by atoms with Crippen LogP contribution in [0.2, 0.25) is 0 Å². The number of ether oxygens (including phenoxy) is 3. The van der Waals surface area contributed by atoms with Gasteiger partial charge in [0.1, 0.15) is 17.0 Å². The van der Waals surface area contributed by atoms with Crippen molar-refractivity contribution in [3.05, 3.63) is 27.9 Å². The van der Waals surface area contributed by atoms with E-state index in [2.05, 4.69) is 9.97 Å². The van der Waals surface area contributed by atoms with E-state index >= 15 is 0 Å². The minimum Gasteiger partial charge on any atom is -0.462 e. The second-order valence-electron chi connectivity index (χ2n) is 4.51. The van der Waals surface area contributed by atoms with Gasteiger partial charge in [-0.3, -0.25) is 4.79 Å². The molecular formula is C13H18N2O5. The first-order valence-corrected chi connectivity index (χ1v) is 6.53. The maximum Gasteiger partial charge on any atom is 0.345 e. The number of rotatable bonds is 4. The van der Waals surface area contributed by atoms with E-state index in [0.29, 0.717) is 31.9 Å². The predicted octanol–water partition coefficient (Wildman–Crippen LogP) is 0.599. The van der Waals surface area contributed by atoms with Gasteiger partial charge in [-0.15, -0.1) is 0 Å². The van der Waals surface area contributed by atoms with Gasteiger partial charge >= 0.3 is 5.97 Å². The molecule has 0 aliphatic carbocycles. The molecule has 1 aromatic rings. The minimum absolute atomic E-state index is 0.103. The van der Waals surface area contributed by atoms with Gasteiger partial charge in [0.05, 0.1) is 6.61 Å². The molecule has 0 aromatic carbocycles. The van der Waals surface area contributed by atoms with E-state index in [1.54, 1.807) is 14.0 Å². The van der Waals surface area contributed by atoms with Crippen LogP contribution in [0.1, 0.15) is 35.9 Å². The number of nitrogens with one attached hydrogen (secondary N) is 1. The lowest BCUT2D eigenvalue weighted by Gasteiger charge is -2.34. The Morgan fingerprint density at radius 2 is 2.20 bits per heavy atom. The molecule has 7 heteroatoms. The Morgan fingerprint density at radius 1 is 1.50 bits per heavy atom. The van der Waals surface area contributed by atoms with Gasteiger partial charge in [-0.1, -0.05) is 0 Å². The van der Waals surface area contributed by atoms with Crippen LogP contribution in [-0.4, -0.2) is 42.9 Å². The van der Waals surface area contributed by atoms with Crippen LogP contribution in [0.25, 0.3) is 0 Å². The molecule has 1 aliphatic heterocycles. The number of nitrogens with zero attached hydrogens (tertiary/aromatic N) is 1. The first-order valence-electron chi connectivity index (χ1n) is 6.53. The van der Waals surface area contributed by atoms with E-state index in [1.165, 1.54) is 6.20 Å². The number of carbonyl (C=O) groups excluding carboxylic acids is 1. The van der Waals surface area contributed by atoms with Gasteiger partial charge in [0.15, 0.2) is 0 Å². The highest BCUT2D eigenvalue weighted by Gasteiger charge is 2.37. The van der Waals surface area contributed by atoms with E-state index in [1.807, 2.05) is 0 Å². The summed E-state index contributed by atoms with van der Waals surface area (Å²) in [5.41, 5.74) is -1.28. The fourth-order valence-corrected chi connectivity index (χ4v) is 2.22. The van der Waals surface area contributed by atoms with Gasteiger partial charge < -0.3 is 19.2 Å². The summed E-state index contributed by atoms with van der Waals surface area (Å²) >= 11 is 0. The van der Waals surface area contributed by atoms with Gasteiger partial charge in [0.25, 0.3) is 5.56 Å². The zero-order chi connectivity index (χ0) is 14.6. The Bertz CT molecular complexity index is 534. The second kappa shape index (κ2) is 6.15. The molecule has 1 aliphatic rings. The summed E-state index contributed by atoms with van der Waals surface area (Å²) in [5.74, 6) is -0.257. The molecule has 1 fully saturated rings. The highest BCUT2D eigenvalue weighted by molar-refractivity contribution is 5.88. The smallest absolute Gasteiger partial charge is 0.345 e. The lowest BCUT2D eigenvalue weighted by molar-refractivity contribution is -0.100. The number of esters is 1. The number of carbonyl (C=O) groups is 1. The summed E-state index contributed by atoms with van der Waals surface area (Å²) in [6.45, 7) is 2.96. The molecule has 1 N–H and O–H groups in total. The SMILES string of the molecule is CCOC(=O)c1cnc(C2(OC)CCOCC2)[nH]c1=O. The number of aromatic nitrogens is 2. The van der Waals surface area contributed by atoms with E-state index < -0.39 is 17.1 Å².